The number of carbonyl (C=O) groups excluding carboxylic acids is 2. The molecule has 0 bridgehead atoms. The molecule has 4 nitrogen and oxygen atoms in total. The Morgan fingerprint density at radius 2 is 1.81 bits per heavy atom. The normalized spacial score (nSPS) is 11.2. The van der Waals surface area contributed by atoms with Crippen LogP contribution in [0.25, 0.3) is 0 Å². The van der Waals surface area contributed by atoms with Gasteiger partial charge >= 0.3 is 0 Å². The number of benzene rings is 1. The molecule has 0 radical (unpaired) electrons. The van der Waals surface area contributed by atoms with Gasteiger partial charge in [-0.25, -0.2) is 8.78 Å². The molecule has 3 N–H and O–H groups in total. The number of halogens is 2. The number of alkyl halides is 2. The fraction of sp³-hybridized carbons (Fsp3) is 0.467. The molecule has 0 saturated heterocycles. The third-order valence-electron chi connectivity index (χ3n) is 3.11. The van der Waals surface area contributed by atoms with Crippen LogP contribution in [-0.2, 0) is 11.2 Å². The molecule has 0 aliphatic heterocycles. The number of nitrogens with one attached hydrogen (secondary N) is 1. The highest BCUT2D eigenvalue weighted by molar-refractivity contribution is 5.97. The van der Waals surface area contributed by atoms with E-state index in [1.807, 2.05) is 19.1 Å². The monoisotopic (exact) mass is 298 g/mol. The Hall–Kier alpha value is -1.82. The van der Waals surface area contributed by atoms with E-state index in [9.17, 15) is 18.4 Å². The zero-order valence-corrected chi connectivity index (χ0v) is 12.0. The smallest absolute Gasteiger partial charge is 0.277 e. The van der Waals surface area contributed by atoms with Crippen molar-refractivity contribution in [1.29, 1.82) is 0 Å². The summed E-state index contributed by atoms with van der Waals surface area (Å²) in [5.41, 5.74) is 6.50. The van der Waals surface area contributed by atoms with Crippen LogP contribution in [0.5, 0.6) is 0 Å². The van der Waals surface area contributed by atoms with Crippen molar-refractivity contribution < 1.29 is 18.4 Å². The molecule has 0 aliphatic rings. The Balaban J connectivity index is 2.40. The summed E-state index contributed by atoms with van der Waals surface area (Å²) in [6.45, 7) is 0.385. The SMILES string of the molecule is CCc1ccc(C(=O)CCC(=O)NCC(F)(F)CN)cc1. The van der Waals surface area contributed by atoms with Crippen molar-refractivity contribution in [3.63, 3.8) is 0 Å². The van der Waals surface area contributed by atoms with Gasteiger partial charge in [-0.3, -0.25) is 9.59 Å². The van der Waals surface area contributed by atoms with Gasteiger partial charge < -0.3 is 11.1 Å². The van der Waals surface area contributed by atoms with Crippen molar-refractivity contribution in [2.45, 2.75) is 32.1 Å². The van der Waals surface area contributed by atoms with Crippen molar-refractivity contribution in [2.24, 2.45) is 5.73 Å². The number of carbonyl (C=O) groups is 2. The predicted octanol–water partition coefficient (Wildman–Crippen LogP) is 1.92. The lowest BCUT2D eigenvalue weighted by Crippen LogP contribution is -2.41. The van der Waals surface area contributed by atoms with Crippen molar-refractivity contribution >= 4 is 11.7 Å². The lowest BCUT2D eigenvalue weighted by atomic mass is 10.0. The average Bonchev–Trinajstić information content (AvgIpc) is 2.50. The molecule has 0 atom stereocenters. The van der Waals surface area contributed by atoms with Crippen LogP contribution in [0, 0.1) is 0 Å². The van der Waals surface area contributed by atoms with Crippen LogP contribution in [0.1, 0.15) is 35.7 Å². The minimum Gasteiger partial charge on any atom is -0.350 e. The van der Waals surface area contributed by atoms with Crippen LogP contribution >= 0.6 is 0 Å². The van der Waals surface area contributed by atoms with Crippen LogP contribution in [0.2, 0.25) is 0 Å². The number of hydrogen-bond acceptors (Lipinski definition) is 3. The predicted molar refractivity (Wildman–Crippen MR) is 76.4 cm³/mol. The molecule has 0 unspecified atom stereocenters. The first-order chi connectivity index (χ1) is 9.88. The molecule has 0 aliphatic carbocycles. The summed E-state index contributed by atoms with van der Waals surface area (Å²) < 4.78 is 25.7. The largest absolute Gasteiger partial charge is 0.350 e. The highest BCUT2D eigenvalue weighted by Gasteiger charge is 2.27. The Kier molecular flexibility index (Phi) is 6.42. The van der Waals surface area contributed by atoms with Crippen molar-refractivity contribution in [2.75, 3.05) is 13.1 Å². The molecular formula is C15H20F2N2O2. The van der Waals surface area contributed by atoms with Gasteiger partial charge in [0.25, 0.3) is 5.92 Å². The van der Waals surface area contributed by atoms with Crippen LogP contribution in [0.15, 0.2) is 24.3 Å². The molecule has 0 spiro atoms. The highest BCUT2D eigenvalue weighted by atomic mass is 19.3. The van der Waals surface area contributed by atoms with Gasteiger partial charge in [-0.2, -0.15) is 0 Å². The van der Waals surface area contributed by atoms with E-state index in [0.29, 0.717) is 5.56 Å². The molecule has 0 fully saturated rings. The molecule has 1 rings (SSSR count). The maximum absolute atomic E-state index is 12.8. The van der Waals surface area contributed by atoms with Gasteiger partial charge in [0.1, 0.15) is 0 Å². The first-order valence-corrected chi connectivity index (χ1v) is 6.84. The number of hydrogen-bond donors (Lipinski definition) is 2. The van der Waals surface area contributed by atoms with Gasteiger partial charge in [0.05, 0.1) is 13.1 Å². The highest BCUT2D eigenvalue weighted by Crippen LogP contribution is 2.10. The Bertz CT molecular complexity index is 487. The third-order valence-corrected chi connectivity index (χ3v) is 3.11. The van der Waals surface area contributed by atoms with E-state index < -0.39 is 24.9 Å². The van der Waals surface area contributed by atoms with E-state index in [2.05, 4.69) is 5.32 Å². The topological polar surface area (TPSA) is 72.2 Å². The zero-order chi connectivity index (χ0) is 15.9. The molecule has 6 heteroatoms. The number of nitrogens with two attached hydrogens (primary N) is 1. The summed E-state index contributed by atoms with van der Waals surface area (Å²) in [6.07, 6.45) is 0.757. The molecule has 0 saturated carbocycles. The molecular weight excluding hydrogens is 278 g/mol. The summed E-state index contributed by atoms with van der Waals surface area (Å²) >= 11 is 0. The van der Waals surface area contributed by atoms with Crippen LogP contribution in [0.3, 0.4) is 0 Å². The van der Waals surface area contributed by atoms with Crippen LogP contribution in [0.4, 0.5) is 8.78 Å². The van der Waals surface area contributed by atoms with Crippen molar-refractivity contribution in [3.05, 3.63) is 35.4 Å². The number of rotatable bonds is 8. The summed E-state index contributed by atoms with van der Waals surface area (Å²) in [5, 5.41) is 2.08. The minimum atomic E-state index is -3.12. The maximum Gasteiger partial charge on any atom is 0.277 e. The first kappa shape index (κ1) is 17.2. The van der Waals surface area contributed by atoms with E-state index in [-0.39, 0.29) is 18.6 Å². The molecule has 1 amide bonds. The molecule has 21 heavy (non-hydrogen) atoms. The van der Waals surface area contributed by atoms with Gasteiger partial charge in [-0.1, -0.05) is 31.2 Å². The van der Waals surface area contributed by atoms with Gasteiger partial charge in [-0.15, -0.1) is 0 Å². The number of amides is 1. The Morgan fingerprint density at radius 1 is 1.19 bits per heavy atom. The minimum absolute atomic E-state index is 0.00843. The standard InChI is InChI=1S/C15H20F2N2O2/c1-2-11-3-5-12(6-4-11)13(20)7-8-14(21)19-10-15(16,17)9-18/h3-6H,2,7-10,18H2,1H3,(H,19,21). The summed E-state index contributed by atoms with van der Waals surface area (Å²) in [5.74, 6) is -3.88. The lowest BCUT2D eigenvalue weighted by Gasteiger charge is -2.14. The van der Waals surface area contributed by atoms with Crippen LogP contribution in [-0.4, -0.2) is 30.7 Å². The average molecular weight is 298 g/mol. The molecule has 0 heterocycles. The fourth-order valence-electron chi connectivity index (χ4n) is 1.69. The second-order valence-electron chi connectivity index (χ2n) is 4.81. The quantitative estimate of drug-likeness (QED) is 0.720. The van der Waals surface area contributed by atoms with E-state index in [1.54, 1.807) is 12.1 Å². The molecule has 0 aromatic heterocycles. The van der Waals surface area contributed by atoms with Crippen molar-refractivity contribution in [3.8, 4) is 0 Å². The summed E-state index contributed by atoms with van der Waals surface area (Å²) in [4.78, 5) is 23.3. The second kappa shape index (κ2) is 7.83. The Morgan fingerprint density at radius 3 is 2.33 bits per heavy atom. The van der Waals surface area contributed by atoms with E-state index in [1.165, 1.54) is 0 Å². The lowest BCUT2D eigenvalue weighted by molar-refractivity contribution is -0.122. The van der Waals surface area contributed by atoms with E-state index in [4.69, 9.17) is 5.73 Å². The summed E-state index contributed by atoms with van der Waals surface area (Å²) in [7, 11) is 0. The first-order valence-electron chi connectivity index (χ1n) is 6.84. The van der Waals surface area contributed by atoms with E-state index >= 15 is 0 Å². The number of Topliss-reactive ketones (excluding diaryl/α,β-unsaturated/α-hetero) is 1. The Labute approximate surface area is 122 Å². The molecule has 1 aromatic rings. The summed E-state index contributed by atoms with van der Waals surface area (Å²) in [6, 6.07) is 7.13. The number of aryl methyl sites for hydroxylation is 1. The molecule has 116 valence electrons. The zero-order valence-electron chi connectivity index (χ0n) is 12.0. The van der Waals surface area contributed by atoms with Crippen molar-refractivity contribution in [1.82, 2.24) is 5.32 Å². The fourth-order valence-corrected chi connectivity index (χ4v) is 1.69. The van der Waals surface area contributed by atoms with Gasteiger partial charge in [-0.05, 0) is 12.0 Å². The van der Waals surface area contributed by atoms with E-state index in [0.717, 1.165) is 12.0 Å². The second-order valence-corrected chi connectivity index (χ2v) is 4.81. The maximum atomic E-state index is 12.8. The van der Waals surface area contributed by atoms with Gasteiger partial charge in [0, 0.05) is 18.4 Å². The van der Waals surface area contributed by atoms with Crippen LogP contribution < -0.4 is 11.1 Å². The third kappa shape index (κ3) is 5.99. The number of ketones is 1. The molecule has 1 aromatic carbocycles. The van der Waals surface area contributed by atoms with Gasteiger partial charge in [0.15, 0.2) is 5.78 Å². The van der Waals surface area contributed by atoms with Gasteiger partial charge in [0.2, 0.25) is 5.91 Å².